The lowest BCUT2D eigenvalue weighted by Crippen LogP contribution is -2.38. The minimum absolute atomic E-state index is 0.387. The van der Waals surface area contributed by atoms with Gasteiger partial charge in [-0.2, -0.15) is 0 Å². The van der Waals surface area contributed by atoms with E-state index in [1.165, 1.54) is 7.05 Å². The van der Waals surface area contributed by atoms with Crippen molar-refractivity contribution in [2.75, 3.05) is 7.05 Å². The fourth-order valence-electron chi connectivity index (χ4n) is 4.98. The third-order valence-corrected chi connectivity index (χ3v) is 6.25. The number of nitrogens with zero attached hydrogens (tertiary/aromatic N) is 1. The molecule has 1 aliphatic heterocycles. The second kappa shape index (κ2) is 5.48. The Balaban J connectivity index is 2.05. The van der Waals surface area contributed by atoms with E-state index in [9.17, 15) is 9.59 Å². The topological polar surface area (TPSA) is 37.4 Å². The predicted octanol–water partition coefficient (Wildman–Crippen LogP) is 0.138. The summed E-state index contributed by atoms with van der Waals surface area (Å²) in [5.41, 5.74) is 2.80. The second-order valence-electron chi connectivity index (χ2n) is 7.89. The normalized spacial score (nSPS) is 14.1. The molecule has 7 heteroatoms. The van der Waals surface area contributed by atoms with Crippen LogP contribution in [0.4, 0.5) is 0 Å². The third kappa shape index (κ3) is 1.91. The van der Waals surface area contributed by atoms with Crippen LogP contribution in [0.3, 0.4) is 0 Å². The van der Waals surface area contributed by atoms with Gasteiger partial charge in [-0.3, -0.25) is 14.5 Å². The van der Waals surface area contributed by atoms with Gasteiger partial charge < -0.3 is 0 Å². The fraction of sp³-hybridized carbons (Fsp3) is 0.0435. The van der Waals surface area contributed by atoms with E-state index in [0.29, 0.717) is 43.8 Å². The molecule has 0 atom stereocenters. The highest BCUT2D eigenvalue weighted by molar-refractivity contribution is 6.55. The van der Waals surface area contributed by atoms with Gasteiger partial charge >= 0.3 is 0 Å². The van der Waals surface area contributed by atoms with Gasteiger partial charge in [0.05, 0.1) is 0 Å². The standard InChI is InChI=1S/C23H9B4NO2/c1-28-22(29)12-6-15(26)19-9-2-3-14(25)10-4-8(24)5-11(17(9)10)20-16(27)7-13(23(28)30)18(12)21(19)20/h2-7H,1H3. The Labute approximate surface area is 177 Å². The smallest absolute Gasteiger partial charge is 0.261 e. The molecule has 0 saturated carbocycles. The van der Waals surface area contributed by atoms with Crippen LogP contribution in [0.5, 0.6) is 0 Å². The lowest BCUT2D eigenvalue weighted by atomic mass is 9.73. The average Bonchev–Trinajstić information content (AvgIpc) is 2.71. The predicted molar refractivity (Wildman–Crippen MR) is 126 cm³/mol. The maximum atomic E-state index is 12.9. The molecule has 0 aromatic heterocycles. The van der Waals surface area contributed by atoms with Crippen LogP contribution < -0.4 is 21.9 Å². The van der Waals surface area contributed by atoms with Gasteiger partial charge in [0.2, 0.25) is 0 Å². The first-order valence-corrected chi connectivity index (χ1v) is 9.43. The van der Waals surface area contributed by atoms with Crippen LogP contribution in [0.15, 0.2) is 36.4 Å². The fourth-order valence-corrected chi connectivity index (χ4v) is 4.98. The number of carbonyl (C=O) groups excluding carboxylic acids is 2. The van der Waals surface area contributed by atoms with Crippen molar-refractivity contribution in [2.24, 2.45) is 0 Å². The van der Waals surface area contributed by atoms with Crippen LogP contribution in [-0.4, -0.2) is 55.1 Å². The number of benzene rings is 5. The maximum Gasteiger partial charge on any atom is 0.261 e. The van der Waals surface area contributed by atoms with Crippen molar-refractivity contribution >= 4 is 108 Å². The van der Waals surface area contributed by atoms with E-state index in [1.807, 2.05) is 24.3 Å². The van der Waals surface area contributed by atoms with E-state index in [-0.39, 0.29) is 11.8 Å². The summed E-state index contributed by atoms with van der Waals surface area (Å²) in [7, 11) is 26.9. The van der Waals surface area contributed by atoms with E-state index in [2.05, 4.69) is 0 Å². The highest BCUT2D eigenvalue weighted by Gasteiger charge is 2.33. The van der Waals surface area contributed by atoms with E-state index < -0.39 is 0 Å². The number of hydrogen-bond donors (Lipinski definition) is 0. The Morgan fingerprint density at radius 3 is 1.80 bits per heavy atom. The summed E-state index contributed by atoms with van der Waals surface area (Å²) in [6, 6.07) is 10.7. The Hall–Kier alpha value is -3.20. The van der Waals surface area contributed by atoms with E-state index >= 15 is 0 Å². The summed E-state index contributed by atoms with van der Waals surface area (Å²) in [6.45, 7) is 0. The van der Waals surface area contributed by atoms with E-state index in [1.54, 1.807) is 12.1 Å². The van der Waals surface area contributed by atoms with Crippen molar-refractivity contribution in [3.05, 3.63) is 47.5 Å². The van der Waals surface area contributed by atoms with Gasteiger partial charge in [-0.15, -0.1) is 0 Å². The Morgan fingerprint density at radius 2 is 1.17 bits per heavy atom. The lowest BCUT2D eigenvalue weighted by Gasteiger charge is -2.28. The van der Waals surface area contributed by atoms with Crippen LogP contribution in [0.25, 0.3) is 43.1 Å². The van der Waals surface area contributed by atoms with Crippen LogP contribution in [0.2, 0.25) is 0 Å². The number of amides is 2. The summed E-state index contributed by atoms with van der Waals surface area (Å²) in [6.07, 6.45) is 0. The number of fused-ring (bicyclic) bond motifs is 2. The van der Waals surface area contributed by atoms with Crippen molar-refractivity contribution in [2.45, 2.75) is 0 Å². The SMILES string of the molecule is [B]c1cc2c([B])ccc3c4c([B])cc5c6c(cc([B])c(c(c1)c23)c64)C(=O)N(C)C5=O. The van der Waals surface area contributed by atoms with Gasteiger partial charge in [-0.25, -0.2) is 0 Å². The first kappa shape index (κ1) is 17.6. The molecule has 0 spiro atoms. The molecule has 5 aromatic carbocycles. The molecule has 130 valence electrons. The molecule has 2 amide bonds. The zero-order valence-electron chi connectivity index (χ0n) is 16.0. The molecule has 1 heterocycles. The minimum atomic E-state index is -0.387. The molecule has 8 radical (unpaired) electrons. The molecular weight excluding hydrogens is 366 g/mol. The Bertz CT molecular complexity index is 1620. The first-order valence-electron chi connectivity index (χ1n) is 9.43. The number of rotatable bonds is 0. The summed E-state index contributed by atoms with van der Waals surface area (Å²) in [5.74, 6) is -0.774. The zero-order valence-corrected chi connectivity index (χ0v) is 16.0. The Kier molecular flexibility index (Phi) is 3.22. The summed E-state index contributed by atoms with van der Waals surface area (Å²) in [5, 5.41) is 6.17. The first-order chi connectivity index (χ1) is 14.3. The largest absolute Gasteiger partial charge is 0.277 e. The van der Waals surface area contributed by atoms with E-state index in [0.717, 1.165) is 37.2 Å². The van der Waals surface area contributed by atoms with Gasteiger partial charge in [-0.1, -0.05) is 58.2 Å². The van der Waals surface area contributed by atoms with Crippen LogP contribution >= 0.6 is 0 Å². The molecule has 5 aromatic rings. The molecule has 0 aliphatic carbocycles. The van der Waals surface area contributed by atoms with Gasteiger partial charge in [0, 0.05) is 23.6 Å². The zero-order chi connectivity index (χ0) is 21.1. The molecule has 0 unspecified atom stereocenters. The van der Waals surface area contributed by atoms with Gasteiger partial charge in [0.15, 0.2) is 0 Å². The van der Waals surface area contributed by atoms with Crippen molar-refractivity contribution in [1.82, 2.24) is 4.90 Å². The summed E-state index contributed by atoms with van der Waals surface area (Å²) in [4.78, 5) is 26.9. The third-order valence-electron chi connectivity index (χ3n) is 6.25. The van der Waals surface area contributed by atoms with Gasteiger partial charge in [-0.05, 0) is 37.7 Å². The highest BCUT2D eigenvalue weighted by Crippen LogP contribution is 2.41. The van der Waals surface area contributed by atoms with Gasteiger partial charge in [0.25, 0.3) is 11.8 Å². The van der Waals surface area contributed by atoms with Crippen molar-refractivity contribution < 1.29 is 9.59 Å². The quantitative estimate of drug-likeness (QED) is 0.167. The van der Waals surface area contributed by atoms with E-state index in [4.69, 9.17) is 31.4 Å². The molecule has 30 heavy (non-hydrogen) atoms. The molecule has 0 fully saturated rings. The highest BCUT2D eigenvalue weighted by atomic mass is 16.2. The van der Waals surface area contributed by atoms with Crippen LogP contribution in [0.1, 0.15) is 20.7 Å². The van der Waals surface area contributed by atoms with Crippen LogP contribution in [-0.2, 0) is 0 Å². The van der Waals surface area contributed by atoms with Crippen molar-refractivity contribution in [1.29, 1.82) is 0 Å². The van der Waals surface area contributed by atoms with Crippen molar-refractivity contribution in [3.8, 4) is 0 Å². The lowest BCUT2D eigenvalue weighted by molar-refractivity contribution is 0.0651. The second-order valence-corrected chi connectivity index (χ2v) is 7.89. The molecule has 0 saturated heterocycles. The maximum absolute atomic E-state index is 12.9. The average molecular weight is 375 g/mol. The molecule has 3 nitrogen and oxygen atoms in total. The Morgan fingerprint density at radius 1 is 0.600 bits per heavy atom. The molecule has 6 rings (SSSR count). The van der Waals surface area contributed by atoms with Crippen LogP contribution in [0, 0.1) is 0 Å². The molecule has 1 aliphatic rings. The van der Waals surface area contributed by atoms with Gasteiger partial charge in [0.1, 0.15) is 31.4 Å². The summed E-state index contributed by atoms with van der Waals surface area (Å²) < 4.78 is 0. The monoisotopic (exact) mass is 375 g/mol. The van der Waals surface area contributed by atoms with Crippen molar-refractivity contribution in [3.63, 3.8) is 0 Å². The molecule has 0 N–H and O–H groups in total. The number of imide groups is 1. The number of hydrogen-bond acceptors (Lipinski definition) is 2. The molecule has 0 bridgehead atoms. The number of carbonyl (C=O) groups is 2. The summed E-state index contributed by atoms with van der Waals surface area (Å²) >= 11 is 0. The molecular formula is C23H9B4NO2. The minimum Gasteiger partial charge on any atom is -0.277 e.